The molecule has 1 saturated carbocycles. The van der Waals surface area contributed by atoms with Crippen LogP contribution in [-0.2, 0) is 16.6 Å². The molecule has 2 aromatic rings. The summed E-state index contributed by atoms with van der Waals surface area (Å²) < 4.78 is 2.77. The molecule has 2 N–H and O–H groups in total. The van der Waals surface area contributed by atoms with Crippen molar-refractivity contribution in [3.63, 3.8) is 0 Å². The van der Waals surface area contributed by atoms with E-state index in [2.05, 4.69) is 20.1 Å². The predicted molar refractivity (Wildman–Crippen MR) is 91.9 cm³/mol. The normalized spacial score (nSPS) is 14.7. The van der Waals surface area contributed by atoms with Gasteiger partial charge in [0.2, 0.25) is 5.91 Å². The summed E-state index contributed by atoms with van der Waals surface area (Å²) >= 11 is 5.27. The SMILES string of the molecule is CC(C)(C(=O)NCCc1n[nH]c(=S)n1C1CC1)c1ccccc1. The number of amides is 1. The van der Waals surface area contributed by atoms with E-state index in [1.807, 2.05) is 44.2 Å². The molecule has 0 spiro atoms. The number of nitrogens with one attached hydrogen (secondary N) is 2. The third-order valence-corrected chi connectivity index (χ3v) is 4.67. The molecule has 23 heavy (non-hydrogen) atoms. The van der Waals surface area contributed by atoms with Crippen molar-refractivity contribution in [3.8, 4) is 0 Å². The van der Waals surface area contributed by atoms with Gasteiger partial charge in [0.15, 0.2) is 4.77 Å². The maximum atomic E-state index is 12.5. The number of hydrogen-bond donors (Lipinski definition) is 2. The summed E-state index contributed by atoms with van der Waals surface area (Å²) in [5, 5.41) is 10.2. The second-order valence-corrected chi connectivity index (χ2v) is 6.93. The van der Waals surface area contributed by atoms with Crippen molar-refractivity contribution in [2.45, 2.75) is 44.6 Å². The van der Waals surface area contributed by atoms with Gasteiger partial charge in [-0.15, -0.1) is 0 Å². The van der Waals surface area contributed by atoms with Gasteiger partial charge in [-0.3, -0.25) is 9.89 Å². The van der Waals surface area contributed by atoms with Crippen LogP contribution in [-0.4, -0.2) is 27.2 Å². The molecular weight excluding hydrogens is 308 g/mol. The molecule has 1 aromatic heterocycles. The molecular formula is C17H22N4OS. The van der Waals surface area contributed by atoms with Gasteiger partial charge in [-0.1, -0.05) is 30.3 Å². The molecule has 1 aliphatic carbocycles. The second-order valence-electron chi connectivity index (χ2n) is 6.54. The van der Waals surface area contributed by atoms with Crippen molar-refractivity contribution in [2.75, 3.05) is 6.54 Å². The van der Waals surface area contributed by atoms with Crippen LogP contribution < -0.4 is 5.32 Å². The first-order chi connectivity index (χ1) is 11.0. The third-order valence-electron chi connectivity index (χ3n) is 4.39. The summed E-state index contributed by atoms with van der Waals surface area (Å²) in [4.78, 5) is 12.5. The number of aromatic amines is 1. The van der Waals surface area contributed by atoms with Crippen LogP contribution in [0.4, 0.5) is 0 Å². The van der Waals surface area contributed by atoms with Crippen LogP contribution in [0.5, 0.6) is 0 Å². The highest BCUT2D eigenvalue weighted by Gasteiger charge is 2.30. The Balaban J connectivity index is 1.60. The third kappa shape index (κ3) is 3.37. The van der Waals surface area contributed by atoms with E-state index in [0.717, 1.165) is 24.2 Å². The quantitative estimate of drug-likeness (QED) is 0.801. The number of carbonyl (C=O) groups excluding carboxylic acids is 1. The second kappa shape index (κ2) is 6.28. The average molecular weight is 330 g/mol. The Kier molecular flexibility index (Phi) is 4.35. The highest BCUT2D eigenvalue weighted by Crippen LogP contribution is 2.35. The highest BCUT2D eigenvalue weighted by atomic mass is 32.1. The minimum Gasteiger partial charge on any atom is -0.355 e. The van der Waals surface area contributed by atoms with Gasteiger partial charge in [-0.2, -0.15) is 5.10 Å². The van der Waals surface area contributed by atoms with Crippen LogP contribution in [0.1, 0.15) is 44.1 Å². The lowest BCUT2D eigenvalue weighted by molar-refractivity contribution is -0.125. The molecule has 1 amide bonds. The van der Waals surface area contributed by atoms with Crippen LogP contribution >= 0.6 is 12.2 Å². The van der Waals surface area contributed by atoms with E-state index >= 15 is 0 Å². The molecule has 0 bridgehead atoms. The Morgan fingerprint density at radius 1 is 1.39 bits per heavy atom. The molecule has 3 rings (SSSR count). The van der Waals surface area contributed by atoms with Gasteiger partial charge in [-0.05, 0) is 44.5 Å². The van der Waals surface area contributed by atoms with Crippen molar-refractivity contribution < 1.29 is 4.79 Å². The zero-order valence-electron chi connectivity index (χ0n) is 13.5. The fraction of sp³-hybridized carbons (Fsp3) is 0.471. The van der Waals surface area contributed by atoms with E-state index in [-0.39, 0.29) is 5.91 Å². The largest absolute Gasteiger partial charge is 0.355 e. The van der Waals surface area contributed by atoms with Gasteiger partial charge in [0, 0.05) is 19.0 Å². The van der Waals surface area contributed by atoms with Crippen molar-refractivity contribution in [3.05, 3.63) is 46.5 Å². The van der Waals surface area contributed by atoms with E-state index in [9.17, 15) is 4.79 Å². The number of benzene rings is 1. The Labute approximate surface area is 141 Å². The Morgan fingerprint density at radius 3 is 2.74 bits per heavy atom. The van der Waals surface area contributed by atoms with Gasteiger partial charge in [0.05, 0.1) is 5.41 Å². The number of nitrogens with zero attached hydrogens (tertiary/aromatic N) is 2. The molecule has 1 heterocycles. The van der Waals surface area contributed by atoms with E-state index in [1.54, 1.807) is 0 Å². The van der Waals surface area contributed by atoms with E-state index in [4.69, 9.17) is 12.2 Å². The molecule has 1 aliphatic rings. The first-order valence-corrected chi connectivity index (χ1v) is 8.40. The van der Waals surface area contributed by atoms with Gasteiger partial charge >= 0.3 is 0 Å². The number of H-pyrrole nitrogens is 1. The molecule has 0 radical (unpaired) electrons. The van der Waals surface area contributed by atoms with Crippen molar-refractivity contribution in [1.29, 1.82) is 0 Å². The Bertz CT molecular complexity index is 743. The summed E-state index contributed by atoms with van der Waals surface area (Å²) in [7, 11) is 0. The summed E-state index contributed by atoms with van der Waals surface area (Å²) in [5.41, 5.74) is 0.459. The number of hydrogen-bond acceptors (Lipinski definition) is 3. The number of rotatable bonds is 6. The zero-order chi connectivity index (χ0) is 16.4. The van der Waals surface area contributed by atoms with Crippen molar-refractivity contribution in [1.82, 2.24) is 20.1 Å². The summed E-state index contributed by atoms with van der Waals surface area (Å²) in [5.74, 6) is 0.950. The van der Waals surface area contributed by atoms with Crippen molar-refractivity contribution >= 4 is 18.1 Å². The molecule has 0 atom stereocenters. The molecule has 1 aromatic carbocycles. The molecule has 0 unspecified atom stereocenters. The first-order valence-electron chi connectivity index (χ1n) is 8.00. The molecule has 0 saturated heterocycles. The highest BCUT2D eigenvalue weighted by molar-refractivity contribution is 7.71. The zero-order valence-corrected chi connectivity index (χ0v) is 14.3. The Hall–Kier alpha value is -1.95. The smallest absolute Gasteiger partial charge is 0.230 e. The van der Waals surface area contributed by atoms with Crippen LogP contribution in [0.2, 0.25) is 0 Å². The standard InChI is InChI=1S/C17H22N4OS/c1-17(2,12-6-4-3-5-7-12)15(22)18-11-10-14-19-20-16(23)21(14)13-8-9-13/h3-7,13H,8-11H2,1-2H3,(H,18,22)(H,20,23). The number of aromatic nitrogens is 3. The van der Waals surface area contributed by atoms with E-state index in [0.29, 0.717) is 23.8 Å². The van der Waals surface area contributed by atoms with Gasteiger partial charge in [-0.25, -0.2) is 0 Å². The van der Waals surface area contributed by atoms with E-state index < -0.39 is 5.41 Å². The van der Waals surface area contributed by atoms with Gasteiger partial charge < -0.3 is 9.88 Å². The summed E-state index contributed by atoms with van der Waals surface area (Å²) in [6, 6.07) is 10.3. The Morgan fingerprint density at radius 2 is 2.09 bits per heavy atom. The van der Waals surface area contributed by atoms with Crippen LogP contribution in [0.25, 0.3) is 0 Å². The van der Waals surface area contributed by atoms with Crippen LogP contribution in [0.15, 0.2) is 30.3 Å². The number of carbonyl (C=O) groups is 1. The molecule has 122 valence electrons. The lowest BCUT2D eigenvalue weighted by Gasteiger charge is -2.24. The molecule has 5 nitrogen and oxygen atoms in total. The van der Waals surface area contributed by atoms with E-state index in [1.165, 1.54) is 0 Å². The van der Waals surface area contributed by atoms with Crippen LogP contribution in [0, 0.1) is 4.77 Å². The summed E-state index contributed by atoms with van der Waals surface area (Å²) in [6.45, 7) is 4.44. The fourth-order valence-electron chi connectivity index (χ4n) is 2.72. The van der Waals surface area contributed by atoms with Crippen molar-refractivity contribution in [2.24, 2.45) is 0 Å². The first kappa shape index (κ1) is 15.9. The topological polar surface area (TPSA) is 62.7 Å². The monoisotopic (exact) mass is 330 g/mol. The predicted octanol–water partition coefficient (Wildman–Crippen LogP) is 2.91. The minimum atomic E-state index is -0.553. The van der Waals surface area contributed by atoms with Crippen LogP contribution in [0.3, 0.4) is 0 Å². The maximum absolute atomic E-state index is 12.5. The maximum Gasteiger partial charge on any atom is 0.230 e. The lowest BCUT2D eigenvalue weighted by atomic mass is 9.84. The minimum absolute atomic E-state index is 0.0239. The average Bonchev–Trinajstić information content (AvgIpc) is 3.32. The molecule has 0 aliphatic heterocycles. The lowest BCUT2D eigenvalue weighted by Crippen LogP contribution is -2.41. The molecule has 6 heteroatoms. The fourth-order valence-corrected chi connectivity index (χ4v) is 3.02. The van der Waals surface area contributed by atoms with Gasteiger partial charge in [0.1, 0.15) is 5.82 Å². The molecule has 1 fully saturated rings. The van der Waals surface area contributed by atoms with Gasteiger partial charge in [0.25, 0.3) is 0 Å². The summed E-state index contributed by atoms with van der Waals surface area (Å²) in [6.07, 6.45) is 3.00.